The van der Waals surface area contributed by atoms with Crippen molar-refractivity contribution in [2.75, 3.05) is 19.8 Å². The van der Waals surface area contributed by atoms with Crippen LogP contribution in [0.1, 0.15) is 162 Å². The van der Waals surface area contributed by atoms with Gasteiger partial charge in [-0.25, -0.2) is 0 Å². The maximum atomic E-state index is 12.3. The summed E-state index contributed by atoms with van der Waals surface area (Å²) in [4.78, 5) is 23.5. The highest BCUT2D eigenvalue weighted by Gasteiger charge is 2.16. The Morgan fingerprint density at radius 3 is 1.70 bits per heavy atom. The Bertz CT molecular complexity index is 613. The fraction of sp³-hybridized carbons (Fsp3) is 0.829. The van der Waals surface area contributed by atoms with Crippen LogP contribution in [0.25, 0.3) is 0 Å². The lowest BCUT2D eigenvalue weighted by atomic mass is 10.1. The van der Waals surface area contributed by atoms with Crippen molar-refractivity contribution < 1.29 is 23.8 Å². The molecule has 5 nitrogen and oxygen atoms in total. The molecule has 0 heterocycles. The van der Waals surface area contributed by atoms with Crippen LogP contribution in [-0.4, -0.2) is 37.9 Å². The van der Waals surface area contributed by atoms with Gasteiger partial charge in [-0.1, -0.05) is 128 Å². The van der Waals surface area contributed by atoms with Crippen LogP contribution in [-0.2, 0) is 23.8 Å². The lowest BCUT2D eigenvalue weighted by molar-refractivity contribution is -0.161. The summed E-state index contributed by atoms with van der Waals surface area (Å²) in [7, 11) is 0. The summed E-state index contributed by atoms with van der Waals surface area (Å²) in [5.41, 5.74) is 0. The van der Waals surface area contributed by atoms with Crippen LogP contribution in [0.4, 0.5) is 0 Å². The van der Waals surface area contributed by atoms with Gasteiger partial charge in [0.2, 0.25) is 0 Å². The Balaban J connectivity index is 3.80. The van der Waals surface area contributed by atoms with Crippen molar-refractivity contribution in [1.82, 2.24) is 0 Å². The van der Waals surface area contributed by atoms with Crippen LogP contribution < -0.4 is 0 Å². The quantitative estimate of drug-likeness (QED) is 0.0493. The zero-order valence-corrected chi connectivity index (χ0v) is 26.6. The van der Waals surface area contributed by atoms with E-state index >= 15 is 0 Å². The normalized spacial score (nSPS) is 12.4. The first-order chi connectivity index (χ1) is 19.6. The molecule has 5 heteroatoms. The minimum atomic E-state index is -0.530. The molecule has 1 unspecified atom stereocenters. The zero-order chi connectivity index (χ0) is 29.4. The summed E-state index contributed by atoms with van der Waals surface area (Å²) >= 11 is 0. The highest BCUT2D eigenvalue weighted by Crippen LogP contribution is 2.12. The maximum Gasteiger partial charge on any atom is 0.306 e. The van der Waals surface area contributed by atoms with E-state index in [0.29, 0.717) is 13.0 Å². The molecule has 234 valence electrons. The van der Waals surface area contributed by atoms with Crippen LogP contribution >= 0.6 is 0 Å². The van der Waals surface area contributed by atoms with Crippen molar-refractivity contribution in [2.24, 2.45) is 0 Å². The predicted octanol–water partition coefficient (Wildman–Crippen LogP) is 10.2. The zero-order valence-electron chi connectivity index (χ0n) is 26.6. The summed E-state index contributed by atoms with van der Waals surface area (Å²) in [5.74, 6) is -0.602. The summed E-state index contributed by atoms with van der Waals surface area (Å²) in [6.07, 6.45) is 34.5. The number of carbonyl (C=O) groups excluding carboxylic acids is 2. The molecular formula is C35H64O5. The van der Waals surface area contributed by atoms with Gasteiger partial charge in [0, 0.05) is 20.0 Å². The Morgan fingerprint density at radius 2 is 1.10 bits per heavy atom. The first-order valence-corrected chi connectivity index (χ1v) is 16.8. The fourth-order valence-corrected chi connectivity index (χ4v) is 4.56. The van der Waals surface area contributed by atoms with Gasteiger partial charge in [0.25, 0.3) is 0 Å². The number of ether oxygens (including phenoxy) is 3. The van der Waals surface area contributed by atoms with Gasteiger partial charge in [0.1, 0.15) is 6.61 Å². The van der Waals surface area contributed by atoms with Gasteiger partial charge < -0.3 is 14.2 Å². The van der Waals surface area contributed by atoms with E-state index in [9.17, 15) is 9.59 Å². The highest BCUT2D eigenvalue weighted by atomic mass is 16.6. The lowest BCUT2D eigenvalue weighted by Gasteiger charge is -2.18. The summed E-state index contributed by atoms with van der Waals surface area (Å²) in [5, 5.41) is 0. The van der Waals surface area contributed by atoms with Gasteiger partial charge in [-0.3, -0.25) is 9.59 Å². The number of esters is 2. The molecule has 0 bridgehead atoms. The number of allylic oxidation sites excluding steroid dienone is 4. The van der Waals surface area contributed by atoms with Crippen molar-refractivity contribution in [3.8, 4) is 0 Å². The number of hydrogen-bond acceptors (Lipinski definition) is 5. The second-order valence-corrected chi connectivity index (χ2v) is 11.2. The van der Waals surface area contributed by atoms with Gasteiger partial charge in [-0.05, 0) is 44.9 Å². The van der Waals surface area contributed by atoms with E-state index in [1.807, 2.05) is 0 Å². The average molecular weight is 565 g/mol. The highest BCUT2D eigenvalue weighted by molar-refractivity contribution is 5.69. The van der Waals surface area contributed by atoms with Gasteiger partial charge >= 0.3 is 11.9 Å². The third-order valence-electron chi connectivity index (χ3n) is 7.05. The molecule has 0 aromatic rings. The Morgan fingerprint density at radius 1 is 0.600 bits per heavy atom. The summed E-state index contributed by atoms with van der Waals surface area (Å²) in [6.45, 7) is 6.84. The summed E-state index contributed by atoms with van der Waals surface area (Å²) in [6, 6.07) is 0. The van der Waals surface area contributed by atoms with Crippen molar-refractivity contribution in [2.45, 2.75) is 168 Å². The molecule has 0 rings (SSSR count). The van der Waals surface area contributed by atoms with E-state index in [1.165, 1.54) is 96.8 Å². The van der Waals surface area contributed by atoms with Gasteiger partial charge in [-0.2, -0.15) is 0 Å². The SMILES string of the molecule is CCCCC/C=C\C/C=C\CCCCCCCC(=O)OC(COCCCCCCCCCCCC)COC(C)=O. The van der Waals surface area contributed by atoms with Crippen molar-refractivity contribution in [1.29, 1.82) is 0 Å². The molecule has 0 saturated heterocycles. The van der Waals surface area contributed by atoms with Crippen LogP contribution in [0.5, 0.6) is 0 Å². The molecule has 0 radical (unpaired) electrons. The first-order valence-electron chi connectivity index (χ1n) is 16.8. The second-order valence-electron chi connectivity index (χ2n) is 11.2. The molecule has 0 aromatic carbocycles. The molecule has 0 fully saturated rings. The molecule has 0 spiro atoms. The number of hydrogen-bond donors (Lipinski definition) is 0. The van der Waals surface area contributed by atoms with Crippen LogP contribution in [0, 0.1) is 0 Å². The molecule has 0 aliphatic heterocycles. The molecule has 0 amide bonds. The van der Waals surface area contributed by atoms with E-state index in [-0.39, 0.29) is 25.2 Å². The molecule has 0 aliphatic carbocycles. The van der Waals surface area contributed by atoms with Crippen LogP contribution in [0.2, 0.25) is 0 Å². The number of rotatable bonds is 30. The van der Waals surface area contributed by atoms with E-state index in [2.05, 4.69) is 38.2 Å². The minimum Gasteiger partial charge on any atom is -0.462 e. The van der Waals surface area contributed by atoms with E-state index in [0.717, 1.165) is 44.9 Å². The third-order valence-corrected chi connectivity index (χ3v) is 7.05. The molecule has 40 heavy (non-hydrogen) atoms. The van der Waals surface area contributed by atoms with Crippen LogP contribution in [0.15, 0.2) is 24.3 Å². The molecule has 0 aliphatic rings. The number of carbonyl (C=O) groups is 2. The summed E-state index contributed by atoms with van der Waals surface area (Å²) < 4.78 is 16.4. The monoisotopic (exact) mass is 564 g/mol. The van der Waals surface area contributed by atoms with Gasteiger partial charge in [0.05, 0.1) is 6.61 Å². The van der Waals surface area contributed by atoms with Crippen LogP contribution in [0.3, 0.4) is 0 Å². The van der Waals surface area contributed by atoms with E-state index in [1.54, 1.807) is 0 Å². The van der Waals surface area contributed by atoms with Crippen molar-refractivity contribution >= 4 is 11.9 Å². The van der Waals surface area contributed by atoms with Crippen molar-refractivity contribution in [3.63, 3.8) is 0 Å². The minimum absolute atomic E-state index is 0.0568. The van der Waals surface area contributed by atoms with E-state index in [4.69, 9.17) is 14.2 Å². The largest absolute Gasteiger partial charge is 0.462 e. The molecule has 0 N–H and O–H groups in total. The smallest absolute Gasteiger partial charge is 0.306 e. The van der Waals surface area contributed by atoms with Crippen molar-refractivity contribution in [3.05, 3.63) is 24.3 Å². The Hall–Kier alpha value is -1.62. The second kappa shape index (κ2) is 31.9. The lowest BCUT2D eigenvalue weighted by Crippen LogP contribution is -2.29. The van der Waals surface area contributed by atoms with Gasteiger partial charge in [0.15, 0.2) is 6.10 Å². The standard InChI is InChI=1S/C35H64O5/c1-4-6-8-10-12-14-16-17-18-19-20-21-23-25-27-29-35(37)40-34(32-39-33(3)36)31-38-30-28-26-24-22-15-13-11-9-7-5-2/h12,14,17-18,34H,4-11,13,15-16,19-32H2,1-3H3/b14-12-,18-17-. The molecule has 0 aromatic heterocycles. The fourth-order valence-electron chi connectivity index (χ4n) is 4.56. The average Bonchev–Trinajstić information content (AvgIpc) is 2.94. The Kier molecular flexibility index (Phi) is 30.6. The van der Waals surface area contributed by atoms with Gasteiger partial charge in [-0.15, -0.1) is 0 Å². The third kappa shape index (κ3) is 30.9. The molecule has 0 saturated carbocycles. The van der Waals surface area contributed by atoms with E-state index < -0.39 is 6.10 Å². The predicted molar refractivity (Wildman–Crippen MR) is 169 cm³/mol. The Labute approximate surface area is 247 Å². The topological polar surface area (TPSA) is 61.8 Å². The molecule has 1 atom stereocenters. The maximum absolute atomic E-state index is 12.3. The molecular weight excluding hydrogens is 500 g/mol. The first kappa shape index (κ1) is 38.4. The number of unbranched alkanes of at least 4 members (excludes halogenated alkanes) is 17.